The van der Waals surface area contributed by atoms with E-state index < -0.39 is 0 Å². The molecular weight excluding hydrogens is 158 g/mol. The summed E-state index contributed by atoms with van der Waals surface area (Å²) in [6.07, 6.45) is 6.72. The van der Waals surface area contributed by atoms with Crippen molar-refractivity contribution >= 4 is 5.71 Å². The number of hydrogen-bond donors (Lipinski definition) is 0. The Balaban J connectivity index is 2.03. The smallest absolute Gasteiger partial charge is 0.0537 e. The van der Waals surface area contributed by atoms with Crippen LogP contribution < -0.4 is 0 Å². The predicted octanol–water partition coefficient (Wildman–Crippen LogP) is 3.21. The first kappa shape index (κ1) is 8.98. The first-order chi connectivity index (χ1) is 6.16. The maximum Gasteiger partial charge on any atom is 0.0537 e. The Labute approximate surface area is 80.9 Å². The third kappa shape index (κ3) is 2.01. The molecule has 2 rings (SSSR count). The molecule has 13 heavy (non-hydrogen) atoms. The second-order valence-corrected chi connectivity index (χ2v) is 4.65. The van der Waals surface area contributed by atoms with Gasteiger partial charge in [-0.2, -0.15) is 0 Å². The maximum absolute atomic E-state index is 4.67. The molecule has 1 fully saturated rings. The van der Waals surface area contributed by atoms with Gasteiger partial charge in [0, 0.05) is 5.71 Å². The normalized spacial score (nSPS) is 34.1. The lowest BCUT2D eigenvalue weighted by Gasteiger charge is -2.23. The van der Waals surface area contributed by atoms with E-state index in [-0.39, 0.29) is 0 Å². The fourth-order valence-electron chi connectivity index (χ4n) is 2.09. The van der Waals surface area contributed by atoms with E-state index in [0.29, 0.717) is 6.04 Å². The predicted molar refractivity (Wildman–Crippen MR) is 57.2 cm³/mol. The van der Waals surface area contributed by atoms with Gasteiger partial charge in [-0.05, 0) is 44.6 Å². The zero-order chi connectivity index (χ0) is 9.42. The molecule has 0 spiro atoms. The molecule has 1 heterocycles. The number of hydrogen-bond acceptors (Lipinski definition) is 1. The molecule has 0 amide bonds. The Morgan fingerprint density at radius 2 is 2.08 bits per heavy atom. The lowest BCUT2D eigenvalue weighted by Crippen LogP contribution is -2.21. The van der Waals surface area contributed by atoms with Gasteiger partial charge >= 0.3 is 0 Å². The van der Waals surface area contributed by atoms with Gasteiger partial charge in [-0.3, -0.25) is 4.99 Å². The number of rotatable bonds is 2. The average molecular weight is 177 g/mol. The highest BCUT2D eigenvalue weighted by Gasteiger charge is 2.28. The topological polar surface area (TPSA) is 12.4 Å². The molecule has 0 saturated heterocycles. The zero-order valence-electron chi connectivity index (χ0n) is 8.88. The Morgan fingerprint density at radius 1 is 1.38 bits per heavy atom. The molecule has 2 unspecified atom stereocenters. The standard InChI is InChI=1S/C12H19N/c1-8-6-12(7-11-4-5-11)10(3)13-9(8)2/h6,10-12H,4-5,7H2,1-3H3. The SMILES string of the molecule is CC1=CC(CC2CC2)C(C)N=C1C. The van der Waals surface area contributed by atoms with Crippen molar-refractivity contribution < 1.29 is 0 Å². The Hall–Kier alpha value is -0.590. The first-order valence-electron chi connectivity index (χ1n) is 5.40. The molecule has 0 N–H and O–H groups in total. The summed E-state index contributed by atoms with van der Waals surface area (Å²) in [5, 5.41) is 0. The van der Waals surface area contributed by atoms with Crippen LogP contribution in [0.3, 0.4) is 0 Å². The quantitative estimate of drug-likeness (QED) is 0.614. The van der Waals surface area contributed by atoms with E-state index in [2.05, 4.69) is 31.8 Å². The van der Waals surface area contributed by atoms with Gasteiger partial charge in [0.1, 0.15) is 0 Å². The van der Waals surface area contributed by atoms with Gasteiger partial charge in [0.15, 0.2) is 0 Å². The maximum atomic E-state index is 4.67. The molecule has 72 valence electrons. The fraction of sp³-hybridized carbons (Fsp3) is 0.750. The summed E-state index contributed by atoms with van der Waals surface area (Å²) in [5.74, 6) is 1.74. The highest BCUT2D eigenvalue weighted by molar-refractivity contribution is 5.98. The molecule has 2 atom stereocenters. The summed E-state index contributed by atoms with van der Waals surface area (Å²) in [5.41, 5.74) is 2.63. The molecule has 1 saturated carbocycles. The van der Waals surface area contributed by atoms with Gasteiger partial charge < -0.3 is 0 Å². The highest BCUT2D eigenvalue weighted by atomic mass is 14.8. The number of aliphatic imine (C=N–C) groups is 1. The van der Waals surface area contributed by atoms with E-state index in [1.807, 2.05) is 0 Å². The summed E-state index contributed by atoms with van der Waals surface area (Å²) >= 11 is 0. The van der Waals surface area contributed by atoms with Crippen LogP contribution in [0.2, 0.25) is 0 Å². The average Bonchev–Trinajstić information content (AvgIpc) is 2.84. The Morgan fingerprint density at radius 3 is 2.69 bits per heavy atom. The van der Waals surface area contributed by atoms with Crippen molar-refractivity contribution in [2.45, 2.75) is 46.1 Å². The van der Waals surface area contributed by atoms with Crippen LogP contribution in [-0.2, 0) is 0 Å². The van der Waals surface area contributed by atoms with Crippen LogP contribution >= 0.6 is 0 Å². The third-order valence-electron chi connectivity index (χ3n) is 3.35. The second kappa shape index (κ2) is 3.28. The number of allylic oxidation sites excluding steroid dienone is 1. The van der Waals surface area contributed by atoms with Crippen LogP contribution in [-0.4, -0.2) is 11.8 Å². The lowest BCUT2D eigenvalue weighted by atomic mass is 9.89. The molecular formula is C12H19N. The molecule has 0 bridgehead atoms. The van der Waals surface area contributed by atoms with Crippen molar-refractivity contribution in [2.75, 3.05) is 0 Å². The van der Waals surface area contributed by atoms with Crippen LogP contribution in [0.4, 0.5) is 0 Å². The minimum Gasteiger partial charge on any atom is -0.286 e. The van der Waals surface area contributed by atoms with E-state index in [1.165, 1.54) is 30.5 Å². The van der Waals surface area contributed by atoms with Crippen LogP contribution in [0.1, 0.15) is 40.0 Å². The van der Waals surface area contributed by atoms with Crippen LogP contribution in [0.15, 0.2) is 16.6 Å². The third-order valence-corrected chi connectivity index (χ3v) is 3.35. The van der Waals surface area contributed by atoms with Crippen molar-refractivity contribution in [1.29, 1.82) is 0 Å². The number of nitrogens with zero attached hydrogens (tertiary/aromatic N) is 1. The molecule has 1 aliphatic heterocycles. The summed E-state index contributed by atoms with van der Waals surface area (Å²) in [6.45, 7) is 6.56. The second-order valence-electron chi connectivity index (χ2n) is 4.65. The van der Waals surface area contributed by atoms with Gasteiger partial charge in [-0.25, -0.2) is 0 Å². The fourth-order valence-corrected chi connectivity index (χ4v) is 2.09. The van der Waals surface area contributed by atoms with E-state index in [1.54, 1.807) is 0 Å². The van der Waals surface area contributed by atoms with Crippen LogP contribution in [0.25, 0.3) is 0 Å². The van der Waals surface area contributed by atoms with E-state index in [9.17, 15) is 0 Å². The van der Waals surface area contributed by atoms with Crippen molar-refractivity contribution in [3.8, 4) is 0 Å². The molecule has 1 aliphatic carbocycles. The van der Waals surface area contributed by atoms with E-state index in [0.717, 1.165) is 11.8 Å². The monoisotopic (exact) mass is 177 g/mol. The van der Waals surface area contributed by atoms with Gasteiger partial charge in [-0.1, -0.05) is 18.9 Å². The van der Waals surface area contributed by atoms with Gasteiger partial charge in [0.2, 0.25) is 0 Å². The molecule has 0 radical (unpaired) electrons. The number of dihydropyridines is 1. The Kier molecular flexibility index (Phi) is 2.27. The van der Waals surface area contributed by atoms with Crippen LogP contribution in [0, 0.1) is 11.8 Å². The molecule has 1 nitrogen and oxygen atoms in total. The largest absolute Gasteiger partial charge is 0.286 e. The van der Waals surface area contributed by atoms with Crippen molar-refractivity contribution in [2.24, 2.45) is 16.8 Å². The van der Waals surface area contributed by atoms with Crippen molar-refractivity contribution in [3.05, 3.63) is 11.6 Å². The lowest BCUT2D eigenvalue weighted by molar-refractivity contribution is 0.466. The summed E-state index contributed by atoms with van der Waals surface area (Å²) < 4.78 is 0. The molecule has 1 heteroatoms. The molecule has 0 aromatic carbocycles. The minimum absolute atomic E-state index is 0.518. The van der Waals surface area contributed by atoms with Gasteiger partial charge in [-0.15, -0.1) is 0 Å². The molecule has 2 aliphatic rings. The summed E-state index contributed by atoms with van der Waals surface area (Å²) in [4.78, 5) is 4.67. The zero-order valence-corrected chi connectivity index (χ0v) is 8.88. The van der Waals surface area contributed by atoms with Gasteiger partial charge in [0.25, 0.3) is 0 Å². The molecule has 0 aromatic rings. The summed E-state index contributed by atoms with van der Waals surface area (Å²) in [7, 11) is 0. The Bertz CT molecular complexity index is 258. The van der Waals surface area contributed by atoms with Crippen molar-refractivity contribution in [1.82, 2.24) is 0 Å². The van der Waals surface area contributed by atoms with Crippen molar-refractivity contribution in [3.63, 3.8) is 0 Å². The minimum atomic E-state index is 0.518. The van der Waals surface area contributed by atoms with E-state index >= 15 is 0 Å². The van der Waals surface area contributed by atoms with Gasteiger partial charge in [0.05, 0.1) is 6.04 Å². The first-order valence-corrected chi connectivity index (χ1v) is 5.40. The van der Waals surface area contributed by atoms with Crippen LogP contribution in [0.5, 0.6) is 0 Å². The highest BCUT2D eigenvalue weighted by Crippen LogP contribution is 2.38. The molecule has 0 aromatic heterocycles. The van der Waals surface area contributed by atoms with E-state index in [4.69, 9.17) is 0 Å². The summed E-state index contributed by atoms with van der Waals surface area (Å²) in [6, 6.07) is 0.518.